The number of rotatable bonds is 6. The largest absolute Gasteiger partial charge is 0.492 e. The predicted octanol–water partition coefficient (Wildman–Crippen LogP) is 3.44. The molecule has 1 fully saturated rings. The topological polar surface area (TPSA) is 109 Å². The van der Waals surface area contributed by atoms with Gasteiger partial charge >= 0.3 is 6.09 Å². The molecule has 1 aliphatic heterocycles. The summed E-state index contributed by atoms with van der Waals surface area (Å²) in [7, 11) is 0. The van der Waals surface area contributed by atoms with E-state index in [-0.39, 0.29) is 28.1 Å². The molecule has 0 spiro atoms. The van der Waals surface area contributed by atoms with Crippen LogP contribution in [0.4, 0.5) is 10.5 Å². The van der Waals surface area contributed by atoms with Crippen LogP contribution in [-0.4, -0.2) is 65.7 Å². The molecule has 2 rings (SSSR count). The minimum atomic E-state index is -0.639. The van der Waals surface area contributed by atoms with Crippen molar-refractivity contribution in [3.63, 3.8) is 0 Å². The zero-order valence-electron chi connectivity index (χ0n) is 16.8. The van der Waals surface area contributed by atoms with Gasteiger partial charge in [-0.2, -0.15) is 5.26 Å². The van der Waals surface area contributed by atoms with Crippen LogP contribution in [0.3, 0.4) is 0 Å². The van der Waals surface area contributed by atoms with Crippen molar-refractivity contribution in [1.29, 1.82) is 5.26 Å². The van der Waals surface area contributed by atoms with Crippen molar-refractivity contribution < 1.29 is 19.2 Å². The van der Waals surface area contributed by atoms with E-state index in [1.165, 1.54) is 6.07 Å². The van der Waals surface area contributed by atoms with Gasteiger partial charge in [0.1, 0.15) is 11.4 Å². The van der Waals surface area contributed by atoms with Crippen molar-refractivity contribution >= 4 is 23.4 Å². The van der Waals surface area contributed by atoms with Gasteiger partial charge in [0.2, 0.25) is 0 Å². The Hall–Kier alpha value is -2.57. The van der Waals surface area contributed by atoms with Crippen LogP contribution in [0.5, 0.6) is 5.75 Å². The third-order valence-electron chi connectivity index (χ3n) is 4.25. The molecule has 0 atom stereocenters. The minimum absolute atomic E-state index is 0.111. The number of piperazine rings is 1. The quantitative estimate of drug-likeness (QED) is 0.390. The van der Waals surface area contributed by atoms with Crippen LogP contribution >= 0.6 is 11.6 Å². The Morgan fingerprint density at radius 2 is 1.97 bits per heavy atom. The first-order valence-corrected chi connectivity index (χ1v) is 9.69. The van der Waals surface area contributed by atoms with E-state index in [4.69, 9.17) is 26.3 Å². The van der Waals surface area contributed by atoms with Crippen molar-refractivity contribution in [2.75, 3.05) is 39.3 Å². The number of carbonyl (C=O) groups excluding carboxylic acids is 1. The minimum Gasteiger partial charge on any atom is -0.492 e. The fraction of sp³-hybridized carbons (Fsp3) is 0.579. The molecule has 1 heterocycles. The highest BCUT2D eigenvalue weighted by Gasteiger charge is 2.25. The summed E-state index contributed by atoms with van der Waals surface area (Å²) in [6.45, 7) is 9.23. The highest BCUT2D eigenvalue weighted by molar-refractivity contribution is 6.34. The van der Waals surface area contributed by atoms with E-state index in [0.717, 1.165) is 25.7 Å². The SMILES string of the molecule is CC(C)(C)OC(=O)N1CCN(CCCOc2cc(C#N)cc([N+](=O)[O-])c2Cl)CC1. The number of carbonyl (C=O) groups is 1. The Kier molecular flexibility index (Phi) is 7.65. The molecule has 0 aliphatic carbocycles. The Morgan fingerprint density at radius 1 is 1.31 bits per heavy atom. The fourth-order valence-corrected chi connectivity index (χ4v) is 3.07. The van der Waals surface area contributed by atoms with Gasteiger partial charge in [0.25, 0.3) is 5.69 Å². The molecule has 0 bridgehead atoms. The maximum Gasteiger partial charge on any atom is 0.410 e. The lowest BCUT2D eigenvalue weighted by atomic mass is 10.2. The van der Waals surface area contributed by atoms with Crippen LogP contribution < -0.4 is 4.74 Å². The first-order chi connectivity index (χ1) is 13.6. The second kappa shape index (κ2) is 9.76. The summed E-state index contributed by atoms with van der Waals surface area (Å²) in [4.78, 5) is 26.4. The molecule has 9 nitrogen and oxygen atoms in total. The molecule has 0 N–H and O–H groups in total. The Labute approximate surface area is 174 Å². The van der Waals surface area contributed by atoms with E-state index in [1.807, 2.05) is 26.8 Å². The normalized spacial score (nSPS) is 14.9. The Balaban J connectivity index is 1.78. The molecule has 158 valence electrons. The summed E-state index contributed by atoms with van der Waals surface area (Å²) in [5.41, 5.74) is -0.738. The van der Waals surface area contributed by atoms with Gasteiger partial charge in [-0.3, -0.25) is 15.0 Å². The van der Waals surface area contributed by atoms with Crippen LogP contribution in [0, 0.1) is 21.4 Å². The zero-order chi connectivity index (χ0) is 21.6. The second-order valence-corrected chi connectivity index (χ2v) is 8.07. The monoisotopic (exact) mass is 424 g/mol. The van der Waals surface area contributed by atoms with Gasteiger partial charge in [0.15, 0.2) is 5.02 Å². The highest BCUT2D eigenvalue weighted by Crippen LogP contribution is 2.35. The summed E-state index contributed by atoms with van der Waals surface area (Å²) in [6, 6.07) is 4.39. The van der Waals surface area contributed by atoms with E-state index in [1.54, 1.807) is 4.90 Å². The van der Waals surface area contributed by atoms with Gasteiger partial charge in [-0.25, -0.2) is 4.79 Å². The number of nitro benzene ring substituents is 1. The Morgan fingerprint density at radius 3 is 2.52 bits per heavy atom. The average molecular weight is 425 g/mol. The maximum atomic E-state index is 12.1. The number of nitriles is 1. The molecule has 0 unspecified atom stereocenters. The number of nitrogens with zero attached hydrogens (tertiary/aromatic N) is 4. The first kappa shape index (κ1) is 22.7. The van der Waals surface area contributed by atoms with Gasteiger partial charge in [0.05, 0.1) is 23.2 Å². The van der Waals surface area contributed by atoms with Crippen molar-refractivity contribution in [3.05, 3.63) is 32.8 Å². The predicted molar refractivity (Wildman–Crippen MR) is 107 cm³/mol. The molecule has 10 heteroatoms. The summed E-state index contributed by atoms with van der Waals surface area (Å²) in [5.74, 6) is 0.132. The van der Waals surface area contributed by atoms with Crippen LogP contribution in [0.25, 0.3) is 0 Å². The zero-order valence-corrected chi connectivity index (χ0v) is 17.6. The van der Waals surface area contributed by atoms with Gasteiger partial charge in [0, 0.05) is 38.8 Å². The first-order valence-electron chi connectivity index (χ1n) is 9.32. The molecule has 0 aromatic heterocycles. The van der Waals surface area contributed by atoms with Crippen molar-refractivity contribution in [2.45, 2.75) is 32.8 Å². The fourth-order valence-electron chi connectivity index (χ4n) is 2.84. The molecule has 29 heavy (non-hydrogen) atoms. The highest BCUT2D eigenvalue weighted by atomic mass is 35.5. The van der Waals surface area contributed by atoms with Gasteiger partial charge in [-0.1, -0.05) is 11.6 Å². The summed E-state index contributed by atoms with van der Waals surface area (Å²) >= 11 is 6.02. The van der Waals surface area contributed by atoms with Gasteiger partial charge < -0.3 is 14.4 Å². The van der Waals surface area contributed by atoms with E-state index < -0.39 is 10.5 Å². The van der Waals surface area contributed by atoms with Crippen LogP contribution in [-0.2, 0) is 4.74 Å². The van der Waals surface area contributed by atoms with Crippen molar-refractivity contribution in [2.24, 2.45) is 0 Å². The van der Waals surface area contributed by atoms with Crippen LogP contribution in [0.15, 0.2) is 12.1 Å². The Bertz CT molecular complexity index is 795. The van der Waals surface area contributed by atoms with Crippen LogP contribution in [0.1, 0.15) is 32.8 Å². The average Bonchev–Trinajstić information content (AvgIpc) is 2.65. The molecule has 1 aromatic carbocycles. The number of hydrogen-bond donors (Lipinski definition) is 0. The molecule has 1 saturated heterocycles. The third-order valence-corrected chi connectivity index (χ3v) is 4.63. The number of ether oxygens (including phenoxy) is 2. The molecule has 0 radical (unpaired) electrons. The smallest absolute Gasteiger partial charge is 0.410 e. The second-order valence-electron chi connectivity index (χ2n) is 7.69. The molecule has 1 amide bonds. The summed E-state index contributed by atoms with van der Waals surface area (Å²) in [5, 5.41) is 19.9. The third kappa shape index (κ3) is 6.76. The maximum absolute atomic E-state index is 12.1. The molecular formula is C19H25ClN4O5. The molecule has 1 aliphatic rings. The van der Waals surface area contributed by atoms with E-state index in [9.17, 15) is 14.9 Å². The number of hydrogen-bond acceptors (Lipinski definition) is 7. The lowest BCUT2D eigenvalue weighted by Crippen LogP contribution is -2.50. The van der Waals surface area contributed by atoms with Crippen molar-refractivity contribution in [1.82, 2.24) is 9.80 Å². The van der Waals surface area contributed by atoms with Crippen molar-refractivity contribution in [3.8, 4) is 11.8 Å². The van der Waals surface area contributed by atoms with Gasteiger partial charge in [-0.05, 0) is 33.3 Å². The number of nitro groups is 1. The molecular weight excluding hydrogens is 400 g/mol. The lowest BCUT2D eigenvalue weighted by molar-refractivity contribution is -0.384. The molecule has 1 aromatic rings. The number of benzene rings is 1. The number of amides is 1. The summed E-state index contributed by atoms with van der Waals surface area (Å²) in [6.07, 6.45) is 0.377. The lowest BCUT2D eigenvalue weighted by Gasteiger charge is -2.35. The van der Waals surface area contributed by atoms with Crippen LogP contribution in [0.2, 0.25) is 5.02 Å². The number of halogens is 1. The standard InChI is InChI=1S/C19H25ClN4O5/c1-19(2,3)29-18(25)23-8-6-22(7-9-23)5-4-10-28-16-12-14(13-21)11-15(17(16)20)24(26)27/h11-12H,4-10H2,1-3H3. The van der Waals surface area contributed by atoms with E-state index in [0.29, 0.717) is 26.1 Å². The summed E-state index contributed by atoms with van der Waals surface area (Å²) < 4.78 is 11.0. The van der Waals surface area contributed by atoms with Gasteiger partial charge in [-0.15, -0.1) is 0 Å². The van der Waals surface area contributed by atoms with E-state index in [2.05, 4.69) is 4.90 Å². The molecule has 0 saturated carbocycles. The van der Waals surface area contributed by atoms with E-state index >= 15 is 0 Å².